The summed E-state index contributed by atoms with van der Waals surface area (Å²) in [7, 11) is 0. The number of thiazole rings is 1. The van der Waals surface area contributed by atoms with Crippen molar-refractivity contribution in [3.05, 3.63) is 23.5 Å². The fourth-order valence-corrected chi connectivity index (χ4v) is 2.97. The van der Waals surface area contributed by atoms with Gasteiger partial charge in [0.1, 0.15) is 0 Å². The monoisotopic (exact) mass is 241 g/mol. The van der Waals surface area contributed by atoms with Crippen molar-refractivity contribution in [2.75, 3.05) is 0 Å². The Hall–Kier alpha value is -0.580. The first-order valence-electron chi connectivity index (χ1n) is 5.10. The fraction of sp³-hybridized carbons (Fsp3) is 0.500. The van der Waals surface area contributed by atoms with Crippen LogP contribution in [0.3, 0.4) is 0 Å². The lowest BCUT2D eigenvalue weighted by atomic mass is 9.92. The van der Waals surface area contributed by atoms with Gasteiger partial charge in [0, 0.05) is 35.7 Å². The first-order chi connectivity index (χ1) is 7.31. The van der Waals surface area contributed by atoms with Crippen LogP contribution in [0.25, 0.3) is 4.96 Å². The van der Waals surface area contributed by atoms with Crippen LogP contribution >= 0.6 is 22.9 Å². The van der Waals surface area contributed by atoms with Gasteiger partial charge in [-0.3, -0.25) is 4.40 Å². The largest absolute Gasteiger partial charge is 0.308 e. The summed E-state index contributed by atoms with van der Waals surface area (Å²) in [5, 5.41) is 5.89. The Labute approximate surface area is 97.1 Å². The van der Waals surface area contributed by atoms with Crippen molar-refractivity contribution in [1.82, 2.24) is 14.7 Å². The van der Waals surface area contributed by atoms with Crippen LogP contribution in [0.15, 0.2) is 17.8 Å². The lowest BCUT2D eigenvalue weighted by molar-refractivity contribution is 0.344. The van der Waals surface area contributed by atoms with E-state index in [1.807, 2.05) is 11.6 Å². The van der Waals surface area contributed by atoms with Crippen molar-refractivity contribution in [3.8, 4) is 0 Å². The van der Waals surface area contributed by atoms with E-state index in [2.05, 4.69) is 20.9 Å². The molecule has 2 aromatic heterocycles. The van der Waals surface area contributed by atoms with E-state index in [9.17, 15) is 0 Å². The number of nitrogens with zero attached hydrogens (tertiary/aromatic N) is 2. The molecule has 80 valence electrons. The molecule has 1 fully saturated rings. The Kier molecular flexibility index (Phi) is 2.42. The minimum absolute atomic E-state index is 0.382. The summed E-state index contributed by atoms with van der Waals surface area (Å²) in [6.07, 6.45) is 6.29. The van der Waals surface area contributed by atoms with Gasteiger partial charge >= 0.3 is 0 Å². The second-order valence-corrected chi connectivity index (χ2v) is 5.46. The number of hydrogen-bond acceptors (Lipinski definition) is 3. The summed E-state index contributed by atoms with van der Waals surface area (Å²) in [5.74, 6) is 0. The zero-order valence-electron chi connectivity index (χ0n) is 8.19. The van der Waals surface area contributed by atoms with Crippen LogP contribution in [0.2, 0.25) is 0 Å². The van der Waals surface area contributed by atoms with Crippen LogP contribution in [0.5, 0.6) is 0 Å². The van der Waals surface area contributed by atoms with Crippen molar-refractivity contribution in [2.24, 2.45) is 0 Å². The molecule has 0 unspecified atom stereocenters. The molecular formula is C10H12ClN3S. The maximum absolute atomic E-state index is 5.91. The van der Waals surface area contributed by atoms with Crippen molar-refractivity contribution >= 4 is 27.9 Å². The average molecular weight is 242 g/mol. The molecule has 0 amide bonds. The number of halogens is 1. The fourth-order valence-electron chi connectivity index (χ4n) is 1.83. The number of hydrogen-bond donors (Lipinski definition) is 1. The van der Waals surface area contributed by atoms with Gasteiger partial charge in [0.15, 0.2) is 4.96 Å². The van der Waals surface area contributed by atoms with Gasteiger partial charge in [-0.05, 0) is 12.8 Å². The van der Waals surface area contributed by atoms with E-state index in [1.54, 1.807) is 11.3 Å². The summed E-state index contributed by atoms with van der Waals surface area (Å²) in [6, 6.07) is 0.590. The van der Waals surface area contributed by atoms with Crippen LogP contribution in [0.1, 0.15) is 18.5 Å². The molecule has 3 rings (SSSR count). The van der Waals surface area contributed by atoms with Gasteiger partial charge in [0.25, 0.3) is 0 Å². The van der Waals surface area contributed by atoms with Gasteiger partial charge in [-0.25, -0.2) is 4.98 Å². The van der Waals surface area contributed by atoms with Crippen molar-refractivity contribution < 1.29 is 0 Å². The molecule has 1 saturated carbocycles. The molecule has 0 bridgehead atoms. The van der Waals surface area contributed by atoms with E-state index in [0.717, 1.165) is 30.0 Å². The maximum atomic E-state index is 5.91. The van der Waals surface area contributed by atoms with E-state index in [1.165, 1.54) is 0 Å². The van der Waals surface area contributed by atoms with Gasteiger partial charge in [-0.15, -0.1) is 22.9 Å². The van der Waals surface area contributed by atoms with E-state index < -0.39 is 0 Å². The Morgan fingerprint density at radius 2 is 2.47 bits per heavy atom. The minimum atomic E-state index is 0.382. The molecule has 0 aromatic carbocycles. The Balaban J connectivity index is 1.61. The van der Waals surface area contributed by atoms with Crippen LogP contribution in [0, 0.1) is 0 Å². The molecular weight excluding hydrogens is 230 g/mol. The lowest BCUT2D eigenvalue weighted by Gasteiger charge is -2.31. The van der Waals surface area contributed by atoms with Gasteiger partial charge in [0.2, 0.25) is 0 Å². The molecule has 3 nitrogen and oxygen atoms in total. The van der Waals surface area contributed by atoms with Crippen molar-refractivity contribution in [3.63, 3.8) is 0 Å². The topological polar surface area (TPSA) is 29.3 Å². The first kappa shape index (κ1) is 9.63. The second-order valence-electron chi connectivity index (χ2n) is 3.97. The molecule has 1 aliphatic rings. The summed E-state index contributed by atoms with van der Waals surface area (Å²) < 4.78 is 2.06. The molecule has 1 N–H and O–H groups in total. The number of fused-ring (bicyclic) bond motifs is 1. The number of rotatable bonds is 3. The predicted molar refractivity (Wildman–Crippen MR) is 62.6 cm³/mol. The van der Waals surface area contributed by atoms with Crippen molar-refractivity contribution in [1.29, 1.82) is 0 Å². The third-order valence-electron chi connectivity index (χ3n) is 2.80. The summed E-state index contributed by atoms with van der Waals surface area (Å²) in [5.41, 5.74) is 1.11. The summed E-state index contributed by atoms with van der Waals surface area (Å²) >= 11 is 7.58. The molecule has 2 aromatic rings. The highest BCUT2D eigenvalue weighted by atomic mass is 35.5. The number of nitrogens with one attached hydrogen (secondary N) is 1. The molecule has 1 aliphatic carbocycles. The molecule has 15 heavy (non-hydrogen) atoms. The highest BCUT2D eigenvalue weighted by Crippen LogP contribution is 2.25. The van der Waals surface area contributed by atoms with Crippen molar-refractivity contribution in [2.45, 2.75) is 30.8 Å². The van der Waals surface area contributed by atoms with Crippen LogP contribution in [-0.4, -0.2) is 20.8 Å². The molecule has 2 heterocycles. The molecule has 0 spiro atoms. The molecule has 5 heteroatoms. The predicted octanol–water partition coefficient (Wildman–Crippen LogP) is 2.26. The van der Waals surface area contributed by atoms with E-state index >= 15 is 0 Å². The highest BCUT2D eigenvalue weighted by Gasteiger charge is 2.26. The van der Waals surface area contributed by atoms with Crippen LogP contribution in [-0.2, 0) is 6.54 Å². The summed E-state index contributed by atoms with van der Waals surface area (Å²) in [6.45, 7) is 0.850. The minimum Gasteiger partial charge on any atom is -0.308 e. The average Bonchev–Trinajstić information content (AvgIpc) is 2.69. The lowest BCUT2D eigenvalue weighted by Crippen LogP contribution is -2.41. The zero-order valence-corrected chi connectivity index (χ0v) is 9.76. The molecule has 0 atom stereocenters. The Morgan fingerprint density at radius 3 is 3.20 bits per heavy atom. The quantitative estimate of drug-likeness (QED) is 0.836. The molecule has 0 aliphatic heterocycles. The van der Waals surface area contributed by atoms with Crippen LogP contribution < -0.4 is 5.32 Å². The standard InChI is InChI=1S/C10H12ClN3S/c11-7-3-8(4-7)12-5-9-6-14-1-2-15-10(14)13-9/h1-2,6-8,12H,3-5H2. The third kappa shape index (κ3) is 1.89. The number of aromatic nitrogens is 2. The van der Waals surface area contributed by atoms with E-state index in [0.29, 0.717) is 11.4 Å². The normalized spacial score (nSPS) is 25.7. The number of alkyl halides is 1. The van der Waals surface area contributed by atoms with E-state index in [-0.39, 0.29) is 0 Å². The molecule has 0 saturated heterocycles. The number of imidazole rings is 1. The Bertz CT molecular complexity index is 429. The van der Waals surface area contributed by atoms with Crippen LogP contribution in [0.4, 0.5) is 0 Å². The van der Waals surface area contributed by atoms with E-state index in [4.69, 9.17) is 11.6 Å². The van der Waals surface area contributed by atoms with Gasteiger partial charge < -0.3 is 5.32 Å². The maximum Gasteiger partial charge on any atom is 0.193 e. The van der Waals surface area contributed by atoms with Gasteiger partial charge in [0.05, 0.1) is 5.69 Å². The van der Waals surface area contributed by atoms with Gasteiger partial charge in [-0.1, -0.05) is 0 Å². The SMILES string of the molecule is ClC1CC(NCc2cn3ccsc3n2)C1. The zero-order chi connectivity index (χ0) is 10.3. The second kappa shape index (κ2) is 3.77. The first-order valence-corrected chi connectivity index (χ1v) is 6.41. The smallest absolute Gasteiger partial charge is 0.193 e. The Morgan fingerprint density at radius 1 is 1.60 bits per heavy atom. The highest BCUT2D eigenvalue weighted by molar-refractivity contribution is 7.15. The summed E-state index contributed by atoms with van der Waals surface area (Å²) in [4.78, 5) is 5.57. The molecule has 0 radical (unpaired) electrons. The third-order valence-corrected chi connectivity index (χ3v) is 3.92. The van der Waals surface area contributed by atoms with Gasteiger partial charge in [-0.2, -0.15) is 0 Å².